The zero-order chi connectivity index (χ0) is 21.4. The maximum atomic E-state index is 6.00. The first-order chi connectivity index (χ1) is 15.0. The smallest absolute Gasteiger partial charge is 0.233 e. The van der Waals surface area contributed by atoms with E-state index in [1.54, 1.807) is 4.68 Å². The SMILES string of the molecule is Cc1cccnc1CN1C[C@H]2CC(COc3ccc(-c4cn(C)nc4C)nn3)C[C@H]2C1. The monoisotopic (exact) mass is 418 g/mol. The second-order valence-corrected chi connectivity index (χ2v) is 9.19. The van der Waals surface area contributed by atoms with Gasteiger partial charge in [-0.15, -0.1) is 10.2 Å². The highest BCUT2D eigenvalue weighted by atomic mass is 16.5. The number of likely N-dealkylation sites (tertiary alicyclic amines) is 1. The summed E-state index contributed by atoms with van der Waals surface area (Å²) in [5.41, 5.74) is 5.30. The highest BCUT2D eigenvalue weighted by Crippen LogP contribution is 2.42. The van der Waals surface area contributed by atoms with Crippen molar-refractivity contribution in [1.29, 1.82) is 0 Å². The maximum absolute atomic E-state index is 6.00. The Balaban J connectivity index is 1.11. The van der Waals surface area contributed by atoms with Crippen LogP contribution in [-0.2, 0) is 13.6 Å². The number of aromatic nitrogens is 5. The zero-order valence-corrected chi connectivity index (χ0v) is 18.5. The van der Waals surface area contributed by atoms with E-state index < -0.39 is 0 Å². The van der Waals surface area contributed by atoms with E-state index in [0.717, 1.165) is 41.9 Å². The summed E-state index contributed by atoms with van der Waals surface area (Å²) in [5.74, 6) is 2.77. The predicted molar refractivity (Wildman–Crippen MR) is 118 cm³/mol. The number of ether oxygens (including phenoxy) is 1. The molecule has 1 aliphatic carbocycles. The molecule has 1 aliphatic heterocycles. The molecule has 3 aromatic rings. The first-order valence-corrected chi connectivity index (χ1v) is 11.1. The average Bonchev–Trinajstić information content (AvgIpc) is 3.41. The van der Waals surface area contributed by atoms with E-state index in [-0.39, 0.29) is 0 Å². The van der Waals surface area contributed by atoms with Crippen LogP contribution in [0.25, 0.3) is 11.3 Å². The second-order valence-electron chi connectivity index (χ2n) is 9.19. The molecule has 7 nitrogen and oxygen atoms in total. The second kappa shape index (κ2) is 8.38. The molecule has 7 heteroatoms. The molecule has 1 saturated heterocycles. The summed E-state index contributed by atoms with van der Waals surface area (Å²) in [7, 11) is 1.91. The molecule has 3 atom stereocenters. The van der Waals surface area contributed by atoms with Gasteiger partial charge in [0.2, 0.25) is 5.88 Å². The maximum Gasteiger partial charge on any atom is 0.233 e. The van der Waals surface area contributed by atoms with Crippen molar-refractivity contribution in [1.82, 2.24) is 29.9 Å². The van der Waals surface area contributed by atoms with Gasteiger partial charge in [-0.2, -0.15) is 5.10 Å². The number of rotatable bonds is 6. The number of hydrogen-bond donors (Lipinski definition) is 0. The molecule has 0 spiro atoms. The van der Waals surface area contributed by atoms with Crippen LogP contribution in [0.15, 0.2) is 36.7 Å². The topological polar surface area (TPSA) is 69.0 Å². The minimum Gasteiger partial charge on any atom is -0.476 e. The molecule has 162 valence electrons. The average molecular weight is 419 g/mol. The quantitative estimate of drug-likeness (QED) is 0.611. The van der Waals surface area contributed by atoms with Crippen molar-refractivity contribution in [3.8, 4) is 17.1 Å². The third kappa shape index (κ3) is 4.32. The van der Waals surface area contributed by atoms with Crippen LogP contribution in [0.4, 0.5) is 0 Å². The third-order valence-electron chi connectivity index (χ3n) is 6.81. The van der Waals surface area contributed by atoms with Crippen LogP contribution in [0.2, 0.25) is 0 Å². The highest BCUT2D eigenvalue weighted by molar-refractivity contribution is 5.60. The number of fused-ring (bicyclic) bond motifs is 1. The van der Waals surface area contributed by atoms with Crippen LogP contribution in [0.3, 0.4) is 0 Å². The Morgan fingerprint density at radius 3 is 2.52 bits per heavy atom. The van der Waals surface area contributed by atoms with Gasteiger partial charge in [0.15, 0.2) is 0 Å². The Bertz CT molecular complexity index is 1030. The lowest BCUT2D eigenvalue weighted by Crippen LogP contribution is -2.23. The van der Waals surface area contributed by atoms with Crippen LogP contribution in [0.5, 0.6) is 5.88 Å². The summed E-state index contributed by atoms with van der Waals surface area (Å²) in [6, 6.07) is 8.05. The van der Waals surface area contributed by atoms with E-state index in [9.17, 15) is 0 Å². The van der Waals surface area contributed by atoms with Crippen molar-refractivity contribution in [2.75, 3.05) is 19.7 Å². The molecule has 1 unspecified atom stereocenters. The van der Waals surface area contributed by atoms with Gasteiger partial charge in [0.1, 0.15) is 0 Å². The van der Waals surface area contributed by atoms with Gasteiger partial charge in [-0.05, 0) is 62.1 Å². The molecule has 31 heavy (non-hydrogen) atoms. The predicted octanol–water partition coefficient (Wildman–Crippen LogP) is 3.43. The van der Waals surface area contributed by atoms with Gasteiger partial charge in [-0.1, -0.05) is 6.07 Å². The zero-order valence-electron chi connectivity index (χ0n) is 18.5. The van der Waals surface area contributed by atoms with Crippen molar-refractivity contribution in [3.05, 3.63) is 53.6 Å². The van der Waals surface area contributed by atoms with Gasteiger partial charge in [0, 0.05) is 50.7 Å². The van der Waals surface area contributed by atoms with Gasteiger partial charge in [-0.3, -0.25) is 14.6 Å². The van der Waals surface area contributed by atoms with E-state index in [0.29, 0.717) is 11.8 Å². The molecule has 3 aromatic heterocycles. The lowest BCUT2D eigenvalue weighted by molar-refractivity contribution is 0.219. The molecule has 0 aromatic carbocycles. The molecule has 1 saturated carbocycles. The van der Waals surface area contributed by atoms with Crippen LogP contribution in [0, 0.1) is 31.6 Å². The van der Waals surface area contributed by atoms with Crippen LogP contribution < -0.4 is 4.74 Å². The molecular weight excluding hydrogens is 388 g/mol. The number of pyridine rings is 1. The van der Waals surface area contributed by atoms with Gasteiger partial charge < -0.3 is 4.74 Å². The first-order valence-electron chi connectivity index (χ1n) is 11.1. The fourth-order valence-corrected chi connectivity index (χ4v) is 5.28. The summed E-state index contributed by atoms with van der Waals surface area (Å²) < 4.78 is 7.80. The first kappa shape index (κ1) is 20.1. The minimum absolute atomic E-state index is 0.606. The summed E-state index contributed by atoms with van der Waals surface area (Å²) in [5, 5.41) is 13.0. The van der Waals surface area contributed by atoms with Gasteiger partial charge in [0.05, 0.1) is 23.7 Å². The molecular formula is C24H30N6O. The molecule has 0 bridgehead atoms. The lowest BCUT2D eigenvalue weighted by atomic mass is 10.0. The molecule has 4 heterocycles. The van der Waals surface area contributed by atoms with Crippen LogP contribution >= 0.6 is 0 Å². The Labute approximate surface area is 183 Å². The van der Waals surface area contributed by atoms with Gasteiger partial charge >= 0.3 is 0 Å². The van der Waals surface area contributed by atoms with E-state index in [2.05, 4.69) is 38.2 Å². The number of nitrogens with zero attached hydrogens (tertiary/aromatic N) is 6. The fraction of sp³-hybridized carbons (Fsp3) is 0.500. The highest BCUT2D eigenvalue weighted by Gasteiger charge is 2.41. The van der Waals surface area contributed by atoms with E-state index in [1.807, 2.05) is 44.6 Å². The molecule has 2 fully saturated rings. The van der Waals surface area contributed by atoms with Gasteiger partial charge in [0.25, 0.3) is 0 Å². The van der Waals surface area contributed by atoms with Crippen molar-refractivity contribution in [3.63, 3.8) is 0 Å². The Morgan fingerprint density at radius 1 is 1.06 bits per heavy atom. The Hall–Kier alpha value is -2.80. The standard InChI is InChI=1S/C24H30N6O/c1-16-5-4-8-25-23(16)14-30-11-19-9-18(10-20(19)12-30)15-31-24-7-6-22(26-27-24)21-13-29(3)28-17(21)2/h4-8,13,18-20H,9-12,14-15H2,1-3H3/t18?,19-,20+. The summed E-state index contributed by atoms with van der Waals surface area (Å²) in [6.07, 6.45) is 6.35. The van der Waals surface area contributed by atoms with Crippen molar-refractivity contribution < 1.29 is 4.74 Å². The van der Waals surface area contributed by atoms with Crippen molar-refractivity contribution >= 4 is 0 Å². The lowest BCUT2D eigenvalue weighted by Gasteiger charge is -2.19. The molecule has 0 amide bonds. The summed E-state index contributed by atoms with van der Waals surface area (Å²) >= 11 is 0. The van der Waals surface area contributed by atoms with E-state index >= 15 is 0 Å². The minimum atomic E-state index is 0.606. The molecule has 0 N–H and O–H groups in total. The van der Waals surface area contributed by atoms with Crippen LogP contribution in [-0.4, -0.2) is 49.6 Å². The fourth-order valence-electron chi connectivity index (χ4n) is 5.28. The van der Waals surface area contributed by atoms with Crippen LogP contribution in [0.1, 0.15) is 29.8 Å². The van der Waals surface area contributed by atoms with E-state index in [4.69, 9.17) is 4.74 Å². The normalized spacial score (nSPS) is 23.3. The van der Waals surface area contributed by atoms with Crippen molar-refractivity contribution in [2.45, 2.75) is 33.2 Å². The molecule has 0 radical (unpaired) electrons. The molecule has 2 aliphatic rings. The largest absolute Gasteiger partial charge is 0.476 e. The van der Waals surface area contributed by atoms with Crippen molar-refractivity contribution in [2.24, 2.45) is 24.8 Å². The van der Waals surface area contributed by atoms with Gasteiger partial charge in [-0.25, -0.2) is 0 Å². The summed E-state index contributed by atoms with van der Waals surface area (Å²) in [4.78, 5) is 7.14. The van der Waals surface area contributed by atoms with E-state index in [1.165, 1.54) is 37.2 Å². The number of hydrogen-bond acceptors (Lipinski definition) is 6. The Kier molecular flexibility index (Phi) is 5.44. The summed E-state index contributed by atoms with van der Waals surface area (Å²) in [6.45, 7) is 8.19. The number of aryl methyl sites for hydroxylation is 3. The molecule has 5 rings (SSSR count). The third-order valence-corrected chi connectivity index (χ3v) is 6.81. The Morgan fingerprint density at radius 2 is 1.87 bits per heavy atom.